The van der Waals surface area contributed by atoms with Crippen LogP contribution in [-0.4, -0.2) is 18.3 Å². The second-order valence-corrected chi connectivity index (χ2v) is 6.25. The van der Waals surface area contributed by atoms with E-state index in [0.717, 1.165) is 24.3 Å². The van der Waals surface area contributed by atoms with Crippen LogP contribution in [0.2, 0.25) is 0 Å². The molecule has 98 valence electrons. The molecule has 0 aromatic rings. The normalized spacial score (nSPS) is 22.1. The Labute approximate surface area is 114 Å². The maximum Gasteiger partial charge on any atom is 0.106 e. The molecule has 1 rings (SSSR count). The van der Waals surface area contributed by atoms with Crippen LogP contribution < -0.4 is 5.32 Å². The molecule has 0 fully saturated rings. The Hall–Kier alpha value is -0.970. The van der Waals surface area contributed by atoms with E-state index in [2.05, 4.69) is 38.2 Å². The molecule has 0 saturated carbocycles. The minimum atomic E-state index is -0.394. The molecule has 0 bridgehead atoms. The highest BCUT2D eigenvalue weighted by Crippen LogP contribution is 2.46. The van der Waals surface area contributed by atoms with Crippen LogP contribution in [0.5, 0.6) is 0 Å². The van der Waals surface area contributed by atoms with E-state index in [1.54, 1.807) is 11.8 Å². The quantitative estimate of drug-likeness (QED) is 0.748. The Morgan fingerprint density at radius 1 is 1.56 bits per heavy atom. The Morgan fingerprint density at radius 2 is 2.28 bits per heavy atom. The van der Waals surface area contributed by atoms with Crippen molar-refractivity contribution >= 4 is 11.8 Å². The summed E-state index contributed by atoms with van der Waals surface area (Å²) < 4.78 is 0. The molecule has 0 radical (unpaired) electrons. The molecule has 0 aromatic heterocycles. The highest BCUT2D eigenvalue weighted by molar-refractivity contribution is 8.04. The summed E-state index contributed by atoms with van der Waals surface area (Å²) in [5.41, 5.74) is -0.394. The van der Waals surface area contributed by atoms with Gasteiger partial charge in [0, 0.05) is 11.8 Å². The predicted octanol–water partition coefficient (Wildman–Crippen LogP) is 3.06. The maximum atomic E-state index is 9.66. The summed E-state index contributed by atoms with van der Waals surface area (Å²) in [6.45, 7) is 7.96. The molecule has 4 heteroatoms. The van der Waals surface area contributed by atoms with Gasteiger partial charge in [-0.05, 0) is 25.3 Å². The van der Waals surface area contributed by atoms with Crippen LogP contribution >= 0.6 is 11.8 Å². The number of thioether (sulfide) groups is 1. The van der Waals surface area contributed by atoms with Crippen molar-refractivity contribution in [2.75, 3.05) is 13.1 Å². The van der Waals surface area contributed by atoms with Crippen molar-refractivity contribution < 1.29 is 0 Å². The molecule has 18 heavy (non-hydrogen) atoms. The molecule has 3 nitrogen and oxygen atoms in total. The minimum absolute atomic E-state index is 0.196. The van der Waals surface area contributed by atoms with Gasteiger partial charge in [0.2, 0.25) is 0 Å². The second kappa shape index (κ2) is 6.83. The molecular formula is C14H21N3S. The topological polar surface area (TPSA) is 59.6 Å². The molecule has 1 heterocycles. The number of nitrogens with one attached hydrogen (secondary N) is 1. The monoisotopic (exact) mass is 263 g/mol. The fourth-order valence-electron chi connectivity index (χ4n) is 2.25. The predicted molar refractivity (Wildman–Crippen MR) is 75.7 cm³/mol. The summed E-state index contributed by atoms with van der Waals surface area (Å²) in [5.74, 6) is 0.274. The first kappa shape index (κ1) is 15.1. The van der Waals surface area contributed by atoms with Gasteiger partial charge in [-0.15, -0.1) is 11.8 Å². The van der Waals surface area contributed by atoms with Crippen LogP contribution in [-0.2, 0) is 0 Å². The Bertz CT molecular complexity index is 389. The van der Waals surface area contributed by atoms with Gasteiger partial charge in [0.05, 0.1) is 16.4 Å². The van der Waals surface area contributed by atoms with Gasteiger partial charge < -0.3 is 5.32 Å². The average molecular weight is 263 g/mol. The molecule has 2 atom stereocenters. The third kappa shape index (κ3) is 3.07. The third-order valence-corrected chi connectivity index (χ3v) is 4.96. The van der Waals surface area contributed by atoms with E-state index in [0.29, 0.717) is 6.54 Å². The zero-order chi connectivity index (χ0) is 13.6. The molecule has 0 amide bonds. The summed E-state index contributed by atoms with van der Waals surface area (Å²) in [7, 11) is 0. The lowest BCUT2D eigenvalue weighted by molar-refractivity contribution is 0.256. The Kier molecular flexibility index (Phi) is 5.72. The van der Waals surface area contributed by atoms with Gasteiger partial charge in [-0.1, -0.05) is 26.8 Å². The Morgan fingerprint density at radius 3 is 2.72 bits per heavy atom. The SMILES string of the molecule is CCCNCC(C#N)(C(C)C)C1CC=C(C#N)S1. The summed E-state index contributed by atoms with van der Waals surface area (Å²) in [4.78, 5) is 0.760. The first-order valence-corrected chi connectivity index (χ1v) is 7.37. The molecule has 0 aromatic carbocycles. The molecule has 0 aliphatic carbocycles. The number of hydrogen-bond donors (Lipinski definition) is 1. The van der Waals surface area contributed by atoms with Crippen LogP contribution in [0.1, 0.15) is 33.6 Å². The van der Waals surface area contributed by atoms with Crippen molar-refractivity contribution in [3.8, 4) is 12.1 Å². The summed E-state index contributed by atoms with van der Waals surface area (Å²) in [5, 5.41) is 22.2. The van der Waals surface area contributed by atoms with Crippen molar-refractivity contribution in [3.05, 3.63) is 11.0 Å². The van der Waals surface area contributed by atoms with E-state index in [9.17, 15) is 5.26 Å². The lowest BCUT2D eigenvalue weighted by Gasteiger charge is -2.36. The van der Waals surface area contributed by atoms with Crippen molar-refractivity contribution in [3.63, 3.8) is 0 Å². The third-order valence-electron chi connectivity index (χ3n) is 3.55. The second-order valence-electron chi connectivity index (χ2n) is 5.01. The minimum Gasteiger partial charge on any atom is -0.315 e. The lowest BCUT2D eigenvalue weighted by atomic mass is 9.74. The standard InChI is InChI=1S/C14H21N3S/c1-4-7-17-10-14(9-16,11(2)3)13-6-5-12(8-15)18-13/h5,11,13,17H,4,6-7,10H2,1-3H3. The van der Waals surface area contributed by atoms with E-state index in [1.807, 2.05) is 6.08 Å². The van der Waals surface area contributed by atoms with Gasteiger partial charge in [0.1, 0.15) is 6.07 Å². The van der Waals surface area contributed by atoms with Crippen LogP contribution in [0.3, 0.4) is 0 Å². The van der Waals surface area contributed by atoms with Gasteiger partial charge in [-0.3, -0.25) is 0 Å². The smallest absolute Gasteiger partial charge is 0.106 e. The molecule has 1 N–H and O–H groups in total. The largest absolute Gasteiger partial charge is 0.315 e. The summed E-state index contributed by atoms with van der Waals surface area (Å²) in [6.07, 6.45) is 3.86. The number of nitriles is 2. The van der Waals surface area contributed by atoms with E-state index >= 15 is 0 Å². The van der Waals surface area contributed by atoms with Crippen molar-refractivity contribution in [1.29, 1.82) is 10.5 Å². The highest BCUT2D eigenvalue weighted by atomic mass is 32.2. The van der Waals surface area contributed by atoms with E-state index in [4.69, 9.17) is 5.26 Å². The molecular weight excluding hydrogens is 242 g/mol. The highest BCUT2D eigenvalue weighted by Gasteiger charge is 2.44. The van der Waals surface area contributed by atoms with Gasteiger partial charge >= 0.3 is 0 Å². The van der Waals surface area contributed by atoms with Crippen LogP contribution in [0.4, 0.5) is 0 Å². The Balaban J connectivity index is 2.80. The van der Waals surface area contributed by atoms with E-state index in [1.165, 1.54) is 0 Å². The summed E-state index contributed by atoms with van der Waals surface area (Å²) in [6, 6.07) is 4.72. The van der Waals surface area contributed by atoms with E-state index < -0.39 is 5.41 Å². The molecule has 0 spiro atoms. The fourth-order valence-corrected chi connectivity index (χ4v) is 3.62. The molecule has 2 unspecified atom stereocenters. The molecule has 0 saturated heterocycles. The maximum absolute atomic E-state index is 9.66. The van der Waals surface area contributed by atoms with Crippen LogP contribution in [0, 0.1) is 34.0 Å². The number of nitrogens with zero attached hydrogens (tertiary/aromatic N) is 2. The lowest BCUT2D eigenvalue weighted by Crippen LogP contribution is -2.44. The van der Waals surface area contributed by atoms with Crippen LogP contribution in [0.15, 0.2) is 11.0 Å². The zero-order valence-corrected chi connectivity index (χ0v) is 12.2. The van der Waals surface area contributed by atoms with Gasteiger partial charge in [-0.2, -0.15) is 10.5 Å². The first-order valence-electron chi connectivity index (χ1n) is 6.49. The van der Waals surface area contributed by atoms with Gasteiger partial charge in [0.15, 0.2) is 0 Å². The first-order chi connectivity index (χ1) is 8.60. The summed E-state index contributed by atoms with van der Waals surface area (Å²) >= 11 is 1.57. The van der Waals surface area contributed by atoms with Gasteiger partial charge in [-0.25, -0.2) is 0 Å². The number of hydrogen-bond acceptors (Lipinski definition) is 4. The molecule has 1 aliphatic rings. The average Bonchev–Trinajstić information content (AvgIpc) is 2.83. The fraction of sp³-hybridized carbons (Fsp3) is 0.714. The number of rotatable bonds is 6. The van der Waals surface area contributed by atoms with Crippen LogP contribution in [0.25, 0.3) is 0 Å². The van der Waals surface area contributed by atoms with Crippen molar-refractivity contribution in [1.82, 2.24) is 5.32 Å². The zero-order valence-electron chi connectivity index (χ0n) is 11.4. The number of allylic oxidation sites excluding steroid dienone is 2. The van der Waals surface area contributed by atoms with Gasteiger partial charge in [0.25, 0.3) is 0 Å². The van der Waals surface area contributed by atoms with Crippen molar-refractivity contribution in [2.24, 2.45) is 11.3 Å². The molecule has 1 aliphatic heterocycles. The van der Waals surface area contributed by atoms with E-state index in [-0.39, 0.29) is 11.2 Å². The van der Waals surface area contributed by atoms with Crippen molar-refractivity contribution in [2.45, 2.75) is 38.9 Å².